The van der Waals surface area contributed by atoms with Crippen LogP contribution in [0.25, 0.3) is 0 Å². The second-order valence-corrected chi connectivity index (χ2v) is 8.22. The summed E-state index contributed by atoms with van der Waals surface area (Å²) >= 11 is 0. The average Bonchev–Trinajstić information content (AvgIpc) is 2.64. The lowest BCUT2D eigenvalue weighted by atomic mass is 10.1. The van der Waals surface area contributed by atoms with Crippen molar-refractivity contribution >= 4 is 17.7 Å². The van der Waals surface area contributed by atoms with Crippen molar-refractivity contribution in [3.8, 4) is 0 Å². The monoisotopic (exact) mass is 407 g/mol. The molecule has 1 aromatic rings. The smallest absolute Gasteiger partial charge is 0.408 e. The number of carboxylic acids is 1. The zero-order valence-corrected chi connectivity index (χ0v) is 17.6. The Hall–Kier alpha value is -2.35. The summed E-state index contributed by atoms with van der Waals surface area (Å²) in [6, 6.07) is 3.15. The minimum atomic E-state index is -1.07. The number of carboxylic acid groups (broad SMARTS) is 1. The Balaban J connectivity index is 1.60. The van der Waals surface area contributed by atoms with Crippen LogP contribution in [-0.4, -0.2) is 53.6 Å². The zero-order valence-electron chi connectivity index (χ0n) is 17.6. The maximum atomic E-state index is 11.7. The number of nitrogens with zero attached hydrogens (tertiary/aromatic N) is 1. The van der Waals surface area contributed by atoms with Crippen LogP contribution in [0.5, 0.6) is 0 Å². The predicted molar refractivity (Wildman–Crippen MR) is 110 cm³/mol. The molecule has 3 N–H and O–H groups in total. The quantitative estimate of drug-likeness (QED) is 0.511. The average molecular weight is 408 g/mol. The number of unbranched alkanes of at least 4 members (excludes halogenated alkanes) is 1. The molecule has 8 heteroatoms. The summed E-state index contributed by atoms with van der Waals surface area (Å²) in [5, 5.41) is 15.0. The fourth-order valence-corrected chi connectivity index (χ4v) is 3.05. The largest absolute Gasteiger partial charge is 0.480 e. The highest BCUT2D eigenvalue weighted by Crippen LogP contribution is 2.20. The standard InChI is InChI=1S/C21H33N3O5/c1-21(2,3)29-20(27)24-18(19(25)26)7-4-5-13-28-14-11-15-9-10-16-17(23-15)8-6-12-22-16/h9-10,18,22H,4-8,11-14H2,1-3H3,(H,24,27)(H,25,26). The van der Waals surface area contributed by atoms with Gasteiger partial charge in [0.15, 0.2) is 0 Å². The van der Waals surface area contributed by atoms with Gasteiger partial charge in [0.05, 0.1) is 18.0 Å². The van der Waals surface area contributed by atoms with E-state index in [9.17, 15) is 14.7 Å². The third-order valence-corrected chi connectivity index (χ3v) is 4.46. The Labute approximate surface area is 172 Å². The highest BCUT2D eigenvalue weighted by atomic mass is 16.6. The number of aryl methyl sites for hydroxylation is 1. The van der Waals surface area contributed by atoms with E-state index in [1.54, 1.807) is 20.8 Å². The Kier molecular flexibility index (Phi) is 8.70. The van der Waals surface area contributed by atoms with Gasteiger partial charge in [-0.25, -0.2) is 9.59 Å². The van der Waals surface area contributed by atoms with Crippen LogP contribution in [0.1, 0.15) is 57.8 Å². The summed E-state index contributed by atoms with van der Waals surface area (Å²) < 4.78 is 10.8. The number of aliphatic carboxylic acids is 1. The molecule has 2 rings (SSSR count). The minimum absolute atomic E-state index is 0.331. The number of fused-ring (bicyclic) bond motifs is 1. The molecule has 8 nitrogen and oxygen atoms in total. The molecule has 0 spiro atoms. The molecule has 0 aliphatic carbocycles. The number of aromatic nitrogens is 1. The van der Waals surface area contributed by atoms with Gasteiger partial charge in [0.2, 0.25) is 0 Å². The molecule has 0 bridgehead atoms. The maximum Gasteiger partial charge on any atom is 0.408 e. The Morgan fingerprint density at radius 1 is 1.28 bits per heavy atom. The van der Waals surface area contributed by atoms with Crippen molar-refractivity contribution in [1.29, 1.82) is 0 Å². The van der Waals surface area contributed by atoms with E-state index in [2.05, 4.69) is 21.7 Å². The van der Waals surface area contributed by atoms with Gasteiger partial charge in [0.1, 0.15) is 11.6 Å². The van der Waals surface area contributed by atoms with E-state index in [1.165, 1.54) is 0 Å². The van der Waals surface area contributed by atoms with Crippen LogP contribution in [-0.2, 0) is 27.1 Å². The summed E-state index contributed by atoms with van der Waals surface area (Å²) in [6.07, 6.45) is 3.85. The van der Waals surface area contributed by atoms with Gasteiger partial charge in [-0.2, -0.15) is 0 Å². The lowest BCUT2D eigenvalue weighted by Gasteiger charge is -2.22. The normalized spacial score (nSPS) is 14.4. The van der Waals surface area contributed by atoms with Crippen LogP contribution in [0.2, 0.25) is 0 Å². The molecule has 0 fully saturated rings. The van der Waals surface area contributed by atoms with Crippen LogP contribution in [0.4, 0.5) is 10.5 Å². The number of rotatable bonds is 10. The van der Waals surface area contributed by atoms with Crippen molar-refractivity contribution in [2.75, 3.05) is 25.1 Å². The fourth-order valence-electron chi connectivity index (χ4n) is 3.05. The number of carbonyl (C=O) groups excluding carboxylic acids is 1. The number of hydrogen-bond donors (Lipinski definition) is 3. The molecule has 1 atom stereocenters. The molecule has 29 heavy (non-hydrogen) atoms. The predicted octanol–water partition coefficient (Wildman–Crippen LogP) is 3.15. The van der Waals surface area contributed by atoms with Gasteiger partial charge in [-0.1, -0.05) is 0 Å². The third-order valence-electron chi connectivity index (χ3n) is 4.46. The zero-order chi connectivity index (χ0) is 21.3. The molecule has 1 amide bonds. The second kappa shape index (κ2) is 11.0. The van der Waals surface area contributed by atoms with Gasteiger partial charge in [-0.3, -0.25) is 4.98 Å². The molecule has 1 unspecified atom stereocenters. The summed E-state index contributed by atoms with van der Waals surface area (Å²) in [7, 11) is 0. The number of carbonyl (C=O) groups is 2. The maximum absolute atomic E-state index is 11.7. The molecular formula is C21H33N3O5. The SMILES string of the molecule is CC(C)(C)OC(=O)NC(CCCCOCCc1ccc2c(n1)CCCN2)C(=O)O. The summed E-state index contributed by atoms with van der Waals surface area (Å²) in [6.45, 7) is 7.33. The van der Waals surface area contributed by atoms with Crippen molar-refractivity contribution in [3.05, 3.63) is 23.5 Å². The van der Waals surface area contributed by atoms with Crippen molar-refractivity contribution in [1.82, 2.24) is 10.3 Å². The topological polar surface area (TPSA) is 110 Å². The first kappa shape index (κ1) is 22.9. The first-order valence-corrected chi connectivity index (χ1v) is 10.3. The molecule has 0 saturated carbocycles. The Bertz CT molecular complexity index is 687. The number of pyridine rings is 1. The summed E-state index contributed by atoms with van der Waals surface area (Å²) in [4.78, 5) is 27.7. The van der Waals surface area contributed by atoms with Gasteiger partial charge in [0.25, 0.3) is 0 Å². The first-order chi connectivity index (χ1) is 13.7. The van der Waals surface area contributed by atoms with Crippen LogP contribution >= 0.6 is 0 Å². The van der Waals surface area contributed by atoms with Crippen molar-refractivity contribution < 1.29 is 24.2 Å². The molecule has 1 aliphatic rings. The van der Waals surface area contributed by atoms with Crippen molar-refractivity contribution in [2.45, 2.75) is 70.9 Å². The molecule has 1 aliphatic heterocycles. The molecule has 0 saturated heterocycles. The number of alkyl carbamates (subject to hydrolysis) is 1. The fraction of sp³-hybridized carbons (Fsp3) is 0.667. The van der Waals surface area contributed by atoms with Gasteiger partial charge in [0, 0.05) is 25.3 Å². The number of hydrogen-bond acceptors (Lipinski definition) is 6. The van der Waals surface area contributed by atoms with Gasteiger partial charge >= 0.3 is 12.1 Å². The van der Waals surface area contributed by atoms with Gasteiger partial charge < -0.3 is 25.2 Å². The number of ether oxygens (including phenoxy) is 2. The van der Waals surface area contributed by atoms with E-state index >= 15 is 0 Å². The van der Waals surface area contributed by atoms with E-state index in [0.717, 1.165) is 49.3 Å². The van der Waals surface area contributed by atoms with E-state index in [-0.39, 0.29) is 0 Å². The molecule has 0 aromatic carbocycles. The second-order valence-electron chi connectivity index (χ2n) is 8.22. The lowest BCUT2D eigenvalue weighted by Crippen LogP contribution is -2.43. The van der Waals surface area contributed by atoms with Gasteiger partial charge in [-0.05, 0) is 65.0 Å². The molecular weight excluding hydrogens is 374 g/mol. The highest BCUT2D eigenvalue weighted by molar-refractivity contribution is 5.79. The number of anilines is 1. The summed E-state index contributed by atoms with van der Waals surface area (Å²) in [5.41, 5.74) is 2.63. The molecule has 0 radical (unpaired) electrons. The number of amides is 1. The molecule has 1 aromatic heterocycles. The van der Waals surface area contributed by atoms with Crippen LogP contribution in [0, 0.1) is 0 Å². The van der Waals surface area contributed by atoms with Crippen molar-refractivity contribution in [2.24, 2.45) is 0 Å². The molecule has 162 valence electrons. The van der Waals surface area contributed by atoms with Crippen LogP contribution < -0.4 is 10.6 Å². The van der Waals surface area contributed by atoms with Gasteiger partial charge in [-0.15, -0.1) is 0 Å². The highest BCUT2D eigenvalue weighted by Gasteiger charge is 2.23. The van der Waals surface area contributed by atoms with E-state index in [0.29, 0.717) is 26.1 Å². The Morgan fingerprint density at radius 3 is 2.79 bits per heavy atom. The van der Waals surface area contributed by atoms with Crippen LogP contribution in [0.15, 0.2) is 12.1 Å². The lowest BCUT2D eigenvalue weighted by molar-refractivity contribution is -0.139. The third kappa shape index (κ3) is 8.68. The molecule has 2 heterocycles. The minimum Gasteiger partial charge on any atom is -0.480 e. The van der Waals surface area contributed by atoms with E-state index in [4.69, 9.17) is 9.47 Å². The summed E-state index contributed by atoms with van der Waals surface area (Å²) in [5.74, 6) is -1.07. The van der Waals surface area contributed by atoms with Crippen molar-refractivity contribution in [3.63, 3.8) is 0 Å². The Morgan fingerprint density at radius 2 is 2.07 bits per heavy atom. The van der Waals surface area contributed by atoms with E-state index < -0.39 is 23.7 Å². The number of nitrogens with one attached hydrogen (secondary N) is 2. The van der Waals surface area contributed by atoms with E-state index in [1.807, 2.05) is 6.07 Å². The van der Waals surface area contributed by atoms with Crippen LogP contribution in [0.3, 0.4) is 0 Å². The first-order valence-electron chi connectivity index (χ1n) is 10.3.